The molecule has 0 fully saturated rings. The number of primary amides is 1. The monoisotopic (exact) mass is 236 g/mol. The van der Waals surface area contributed by atoms with Crippen LogP contribution in [0.1, 0.15) is 18.1 Å². The van der Waals surface area contributed by atoms with Crippen LogP contribution in [0.4, 0.5) is 0 Å². The lowest BCUT2D eigenvalue weighted by Gasteiger charge is -2.25. The van der Waals surface area contributed by atoms with Crippen LogP contribution < -0.4 is 15.8 Å². The Bertz CT molecular complexity index is 418. The van der Waals surface area contributed by atoms with Crippen LogP contribution in [0.3, 0.4) is 0 Å². The third-order valence-electron chi connectivity index (χ3n) is 3.10. The predicted molar refractivity (Wildman–Crippen MR) is 68.1 cm³/mol. The van der Waals surface area contributed by atoms with E-state index < -0.39 is 11.4 Å². The van der Waals surface area contributed by atoms with Gasteiger partial charge in [0.05, 0.1) is 0 Å². The first-order chi connectivity index (χ1) is 7.89. The van der Waals surface area contributed by atoms with E-state index in [0.29, 0.717) is 0 Å². The third-order valence-corrected chi connectivity index (χ3v) is 3.10. The lowest BCUT2D eigenvalue weighted by molar-refractivity contribution is -0.124. The molecule has 1 aromatic carbocycles. The van der Waals surface area contributed by atoms with Gasteiger partial charge in [-0.3, -0.25) is 4.79 Å². The number of nitrogens with one attached hydrogen (secondary N) is 1. The highest BCUT2D eigenvalue weighted by atomic mass is 16.5. The maximum atomic E-state index is 11.3. The summed E-state index contributed by atoms with van der Waals surface area (Å²) in [6.07, 6.45) is 0. The van der Waals surface area contributed by atoms with Crippen LogP contribution in [0.25, 0.3) is 0 Å². The number of hydrogen-bond donors (Lipinski definition) is 2. The maximum absolute atomic E-state index is 11.3. The van der Waals surface area contributed by atoms with Gasteiger partial charge < -0.3 is 15.8 Å². The molecule has 1 amide bonds. The smallest absolute Gasteiger partial charge is 0.240 e. The van der Waals surface area contributed by atoms with E-state index >= 15 is 0 Å². The molecule has 0 saturated carbocycles. The fourth-order valence-electron chi connectivity index (χ4n) is 1.30. The summed E-state index contributed by atoms with van der Waals surface area (Å²) < 4.78 is 5.60. The Morgan fingerprint density at radius 3 is 2.53 bits per heavy atom. The van der Waals surface area contributed by atoms with Crippen molar-refractivity contribution < 1.29 is 9.53 Å². The summed E-state index contributed by atoms with van der Waals surface area (Å²) in [7, 11) is 1.69. The van der Waals surface area contributed by atoms with Crippen LogP contribution in [0.15, 0.2) is 18.2 Å². The molecule has 4 heteroatoms. The van der Waals surface area contributed by atoms with Crippen LogP contribution in [0, 0.1) is 13.8 Å². The fourth-order valence-corrected chi connectivity index (χ4v) is 1.30. The minimum absolute atomic E-state index is 0.210. The second-order valence-electron chi connectivity index (χ2n) is 4.48. The lowest BCUT2D eigenvalue weighted by atomic mass is 10.0. The second-order valence-corrected chi connectivity index (χ2v) is 4.48. The highest BCUT2D eigenvalue weighted by Gasteiger charge is 2.29. The molecule has 3 N–H and O–H groups in total. The van der Waals surface area contributed by atoms with Crippen LogP contribution in [0.5, 0.6) is 5.75 Å². The van der Waals surface area contributed by atoms with Gasteiger partial charge in [0.2, 0.25) is 5.91 Å². The fraction of sp³-hybridized carbons (Fsp3) is 0.462. The minimum Gasteiger partial charge on any atom is -0.491 e. The quantitative estimate of drug-likeness (QED) is 0.806. The zero-order valence-corrected chi connectivity index (χ0v) is 10.8. The van der Waals surface area contributed by atoms with Crippen LogP contribution >= 0.6 is 0 Å². The standard InChI is InChI=1S/C13H20N2O2/c1-9-5-6-11(7-10(9)2)17-8-13(3,15-4)12(14)16/h5-7,15H,8H2,1-4H3,(H2,14,16). The molecule has 1 atom stereocenters. The number of amides is 1. The average molecular weight is 236 g/mol. The van der Waals surface area contributed by atoms with E-state index in [-0.39, 0.29) is 6.61 Å². The van der Waals surface area contributed by atoms with E-state index in [1.165, 1.54) is 5.56 Å². The van der Waals surface area contributed by atoms with E-state index in [1.54, 1.807) is 14.0 Å². The number of hydrogen-bond acceptors (Lipinski definition) is 3. The van der Waals surface area contributed by atoms with Gasteiger partial charge in [0, 0.05) is 0 Å². The van der Waals surface area contributed by atoms with Gasteiger partial charge in [-0.15, -0.1) is 0 Å². The maximum Gasteiger partial charge on any atom is 0.240 e. The first kappa shape index (κ1) is 13.5. The Morgan fingerprint density at radius 2 is 2.06 bits per heavy atom. The summed E-state index contributed by atoms with van der Waals surface area (Å²) in [5.74, 6) is 0.319. The van der Waals surface area contributed by atoms with E-state index in [1.807, 2.05) is 32.0 Å². The number of carbonyl (C=O) groups is 1. The van der Waals surface area contributed by atoms with E-state index in [2.05, 4.69) is 5.32 Å². The SMILES string of the molecule is CNC(C)(COc1ccc(C)c(C)c1)C(N)=O. The number of benzene rings is 1. The average Bonchev–Trinajstić information content (AvgIpc) is 2.30. The highest BCUT2D eigenvalue weighted by molar-refractivity contribution is 5.84. The van der Waals surface area contributed by atoms with Gasteiger partial charge in [0.25, 0.3) is 0 Å². The molecule has 0 aliphatic carbocycles. The van der Waals surface area contributed by atoms with Gasteiger partial charge in [-0.05, 0) is 51.1 Å². The molecule has 1 aromatic rings. The van der Waals surface area contributed by atoms with Crippen LogP contribution in [-0.2, 0) is 4.79 Å². The predicted octanol–water partition coefficient (Wildman–Crippen LogP) is 1.15. The summed E-state index contributed by atoms with van der Waals surface area (Å²) in [5, 5.41) is 2.87. The number of carbonyl (C=O) groups excluding carboxylic acids is 1. The normalized spacial score (nSPS) is 14.1. The van der Waals surface area contributed by atoms with Gasteiger partial charge >= 0.3 is 0 Å². The molecule has 17 heavy (non-hydrogen) atoms. The van der Waals surface area contributed by atoms with Crippen molar-refractivity contribution in [2.75, 3.05) is 13.7 Å². The minimum atomic E-state index is -0.848. The molecule has 0 bridgehead atoms. The van der Waals surface area contributed by atoms with Gasteiger partial charge in [-0.25, -0.2) is 0 Å². The number of nitrogens with two attached hydrogens (primary N) is 1. The van der Waals surface area contributed by atoms with Crippen molar-refractivity contribution in [3.05, 3.63) is 29.3 Å². The molecule has 0 spiro atoms. The second kappa shape index (κ2) is 5.19. The highest BCUT2D eigenvalue weighted by Crippen LogP contribution is 2.17. The zero-order chi connectivity index (χ0) is 13.1. The molecular formula is C13H20N2O2. The molecule has 0 aromatic heterocycles. The van der Waals surface area contributed by atoms with Crippen molar-refractivity contribution in [2.24, 2.45) is 5.73 Å². The molecule has 1 unspecified atom stereocenters. The summed E-state index contributed by atoms with van der Waals surface area (Å²) in [6, 6.07) is 5.83. The Balaban J connectivity index is 2.73. The summed E-state index contributed by atoms with van der Waals surface area (Å²) in [6.45, 7) is 5.99. The first-order valence-corrected chi connectivity index (χ1v) is 5.58. The van der Waals surface area contributed by atoms with Crippen molar-refractivity contribution in [1.29, 1.82) is 0 Å². The molecule has 94 valence electrons. The number of rotatable bonds is 5. The van der Waals surface area contributed by atoms with E-state index in [9.17, 15) is 4.79 Å². The van der Waals surface area contributed by atoms with Gasteiger partial charge in [-0.2, -0.15) is 0 Å². The summed E-state index contributed by atoms with van der Waals surface area (Å²) in [5.41, 5.74) is 6.84. The first-order valence-electron chi connectivity index (χ1n) is 5.58. The lowest BCUT2D eigenvalue weighted by Crippen LogP contribution is -2.55. The largest absolute Gasteiger partial charge is 0.491 e. The topological polar surface area (TPSA) is 64.3 Å². The zero-order valence-electron chi connectivity index (χ0n) is 10.8. The number of aryl methyl sites for hydroxylation is 2. The Morgan fingerprint density at radius 1 is 1.41 bits per heavy atom. The Kier molecular flexibility index (Phi) is 4.12. The van der Waals surface area contributed by atoms with E-state index in [0.717, 1.165) is 11.3 Å². The number of ether oxygens (including phenoxy) is 1. The molecule has 0 radical (unpaired) electrons. The molecule has 0 aliphatic heterocycles. The Hall–Kier alpha value is -1.55. The van der Waals surface area contributed by atoms with Crippen molar-refractivity contribution in [3.8, 4) is 5.75 Å². The van der Waals surface area contributed by atoms with Gasteiger partial charge in [0.15, 0.2) is 0 Å². The summed E-state index contributed by atoms with van der Waals surface area (Å²) in [4.78, 5) is 11.3. The van der Waals surface area contributed by atoms with Crippen LogP contribution in [0.2, 0.25) is 0 Å². The number of likely N-dealkylation sites (N-methyl/N-ethyl adjacent to an activating group) is 1. The summed E-state index contributed by atoms with van der Waals surface area (Å²) >= 11 is 0. The Labute approximate surface area is 102 Å². The van der Waals surface area contributed by atoms with Crippen LogP contribution in [-0.4, -0.2) is 25.1 Å². The molecule has 1 rings (SSSR count). The molecule has 0 heterocycles. The molecule has 0 saturated heterocycles. The molecule has 0 aliphatic rings. The van der Waals surface area contributed by atoms with Crippen molar-refractivity contribution in [1.82, 2.24) is 5.32 Å². The molecular weight excluding hydrogens is 216 g/mol. The molecule has 4 nitrogen and oxygen atoms in total. The van der Waals surface area contributed by atoms with Crippen molar-refractivity contribution in [2.45, 2.75) is 26.3 Å². The van der Waals surface area contributed by atoms with E-state index in [4.69, 9.17) is 10.5 Å². The van der Waals surface area contributed by atoms with Gasteiger partial charge in [0.1, 0.15) is 17.9 Å². The van der Waals surface area contributed by atoms with Crippen molar-refractivity contribution in [3.63, 3.8) is 0 Å². The van der Waals surface area contributed by atoms with Gasteiger partial charge in [-0.1, -0.05) is 6.07 Å². The third kappa shape index (κ3) is 3.20. The van der Waals surface area contributed by atoms with Crippen molar-refractivity contribution >= 4 is 5.91 Å².